The van der Waals surface area contributed by atoms with Gasteiger partial charge in [0.25, 0.3) is 5.92 Å². The number of carbonyl (C=O) groups is 1. The topological polar surface area (TPSA) is 96.4 Å². The largest absolute Gasteiger partial charge is 0.310 e. The summed E-state index contributed by atoms with van der Waals surface area (Å²) in [5.41, 5.74) is 1.63. The molecule has 1 unspecified atom stereocenters. The second-order valence-electron chi connectivity index (χ2n) is 7.15. The summed E-state index contributed by atoms with van der Waals surface area (Å²) >= 11 is 0. The molecule has 158 valence electrons. The molecule has 1 aliphatic carbocycles. The molecule has 2 heterocycles. The number of nitrogens with zero attached hydrogens (tertiary/aromatic N) is 4. The SMILES string of the molecule is CCN(C(=O)CCS(=O)(=O)CC1CC1(F)F)c1cn(-c2ccc[n+](O)c2)nc1C. The van der Waals surface area contributed by atoms with Crippen LogP contribution in [0.4, 0.5) is 14.5 Å². The summed E-state index contributed by atoms with van der Waals surface area (Å²) in [4.78, 5) is 14.0. The normalized spacial score (nSPS) is 17.9. The first-order chi connectivity index (χ1) is 13.5. The third kappa shape index (κ3) is 4.89. The van der Waals surface area contributed by atoms with Crippen molar-refractivity contribution in [3.63, 3.8) is 0 Å². The molecule has 1 amide bonds. The lowest BCUT2D eigenvalue weighted by atomic mass is 10.3. The van der Waals surface area contributed by atoms with Gasteiger partial charge in [0.2, 0.25) is 18.3 Å². The van der Waals surface area contributed by atoms with E-state index in [-0.39, 0.29) is 6.42 Å². The Morgan fingerprint density at radius 2 is 2.17 bits per heavy atom. The van der Waals surface area contributed by atoms with E-state index >= 15 is 0 Å². The summed E-state index contributed by atoms with van der Waals surface area (Å²) in [5.74, 6) is -5.52. The van der Waals surface area contributed by atoms with Crippen LogP contribution >= 0.6 is 0 Å². The minimum Gasteiger partial charge on any atom is -0.310 e. The lowest BCUT2D eigenvalue weighted by Crippen LogP contribution is -2.32. The van der Waals surface area contributed by atoms with Crippen molar-refractivity contribution >= 4 is 21.4 Å². The molecule has 2 aromatic rings. The molecule has 11 heteroatoms. The molecule has 29 heavy (non-hydrogen) atoms. The highest BCUT2D eigenvalue weighted by atomic mass is 32.2. The van der Waals surface area contributed by atoms with Crippen LogP contribution in [0.5, 0.6) is 0 Å². The van der Waals surface area contributed by atoms with Crippen molar-refractivity contribution in [1.29, 1.82) is 0 Å². The molecule has 0 bridgehead atoms. The number of rotatable bonds is 8. The Labute approximate surface area is 167 Å². The molecular formula is C18H23F2N4O4S+. The van der Waals surface area contributed by atoms with Gasteiger partial charge in [0, 0.05) is 36.1 Å². The maximum atomic E-state index is 13.0. The van der Waals surface area contributed by atoms with Gasteiger partial charge in [0.05, 0.1) is 29.1 Å². The van der Waals surface area contributed by atoms with Gasteiger partial charge in [-0.3, -0.25) is 10.0 Å². The average molecular weight is 429 g/mol. The Hall–Kier alpha value is -2.56. The van der Waals surface area contributed by atoms with Gasteiger partial charge in [-0.2, -0.15) is 5.10 Å². The van der Waals surface area contributed by atoms with E-state index in [4.69, 9.17) is 0 Å². The molecular weight excluding hydrogens is 406 g/mol. The van der Waals surface area contributed by atoms with Gasteiger partial charge in [0.15, 0.2) is 9.84 Å². The van der Waals surface area contributed by atoms with Gasteiger partial charge >= 0.3 is 0 Å². The standard InChI is InChI=1S/C18H23F2N4O4S/c1-3-23(17(25)6-8-29(27,28)12-14-9-18(14,19)20)16-11-24(21-13(16)2)15-5-4-7-22(26)10-15/h4-5,7,10-11,14,26H,3,6,8-9,12H2,1-2H3/q+1. The van der Waals surface area contributed by atoms with Crippen LogP contribution in [0.25, 0.3) is 5.69 Å². The van der Waals surface area contributed by atoms with Crippen LogP contribution in [-0.4, -0.2) is 53.3 Å². The number of amides is 1. The number of hydrogen-bond donors (Lipinski definition) is 1. The van der Waals surface area contributed by atoms with E-state index in [0.717, 1.165) is 4.73 Å². The van der Waals surface area contributed by atoms with Gasteiger partial charge in [-0.1, -0.05) is 0 Å². The van der Waals surface area contributed by atoms with Crippen molar-refractivity contribution < 1.29 is 31.9 Å². The fraction of sp³-hybridized carbons (Fsp3) is 0.500. The number of pyridine rings is 1. The summed E-state index contributed by atoms with van der Waals surface area (Å²) in [6.07, 6.45) is 3.80. The first kappa shape index (κ1) is 21.2. The number of alkyl halides is 2. The fourth-order valence-corrected chi connectivity index (χ4v) is 4.76. The van der Waals surface area contributed by atoms with Crippen LogP contribution in [-0.2, 0) is 14.6 Å². The Balaban J connectivity index is 1.70. The Bertz CT molecular complexity index is 1020. The molecule has 8 nitrogen and oxygen atoms in total. The van der Waals surface area contributed by atoms with Crippen molar-refractivity contribution in [2.24, 2.45) is 5.92 Å². The van der Waals surface area contributed by atoms with Gasteiger partial charge < -0.3 is 4.90 Å². The van der Waals surface area contributed by atoms with E-state index < -0.39 is 45.5 Å². The third-order valence-electron chi connectivity index (χ3n) is 4.85. The number of carbonyl (C=O) groups excluding carboxylic acids is 1. The zero-order valence-corrected chi connectivity index (χ0v) is 16.9. The summed E-state index contributed by atoms with van der Waals surface area (Å²) in [6, 6.07) is 3.35. The molecule has 0 saturated heterocycles. The van der Waals surface area contributed by atoms with Crippen molar-refractivity contribution in [3.8, 4) is 5.69 Å². The molecule has 3 rings (SSSR count). The van der Waals surface area contributed by atoms with E-state index in [0.29, 0.717) is 23.6 Å². The van der Waals surface area contributed by atoms with E-state index in [1.807, 2.05) is 0 Å². The summed E-state index contributed by atoms with van der Waals surface area (Å²) < 4.78 is 52.5. The number of aryl methyl sites for hydroxylation is 1. The smallest absolute Gasteiger partial charge is 0.252 e. The lowest BCUT2D eigenvalue weighted by molar-refractivity contribution is -0.904. The predicted octanol–water partition coefficient (Wildman–Crippen LogP) is 1.52. The first-order valence-electron chi connectivity index (χ1n) is 9.18. The Morgan fingerprint density at radius 1 is 1.48 bits per heavy atom. The molecule has 1 atom stereocenters. The number of hydrogen-bond acceptors (Lipinski definition) is 5. The molecule has 0 aliphatic heterocycles. The lowest BCUT2D eigenvalue weighted by Gasteiger charge is -2.20. The van der Waals surface area contributed by atoms with Crippen molar-refractivity contribution in [1.82, 2.24) is 9.78 Å². The highest BCUT2D eigenvalue weighted by molar-refractivity contribution is 7.91. The average Bonchev–Trinajstić information content (AvgIpc) is 3.04. The van der Waals surface area contributed by atoms with E-state index in [1.165, 1.54) is 22.0 Å². The predicted molar refractivity (Wildman–Crippen MR) is 100 cm³/mol. The maximum Gasteiger partial charge on any atom is 0.252 e. The van der Waals surface area contributed by atoms with Gasteiger partial charge in [-0.25, -0.2) is 21.9 Å². The monoisotopic (exact) mass is 429 g/mol. The quantitative estimate of drug-likeness (QED) is 0.507. The van der Waals surface area contributed by atoms with E-state index in [9.17, 15) is 27.2 Å². The summed E-state index contributed by atoms with van der Waals surface area (Å²) in [5, 5.41) is 13.9. The minimum atomic E-state index is -3.74. The van der Waals surface area contributed by atoms with Crippen molar-refractivity contribution in [2.45, 2.75) is 32.6 Å². The molecule has 1 N–H and O–H groups in total. The third-order valence-corrected chi connectivity index (χ3v) is 6.59. The number of sulfone groups is 1. The maximum absolute atomic E-state index is 13.0. The molecule has 1 aliphatic rings. The molecule has 0 spiro atoms. The van der Waals surface area contributed by atoms with Gasteiger partial charge in [0.1, 0.15) is 5.69 Å². The highest BCUT2D eigenvalue weighted by Gasteiger charge is 2.58. The van der Waals surface area contributed by atoms with Crippen molar-refractivity contribution in [3.05, 3.63) is 36.4 Å². The zero-order valence-electron chi connectivity index (χ0n) is 16.1. The fourth-order valence-electron chi connectivity index (χ4n) is 3.13. The van der Waals surface area contributed by atoms with Gasteiger partial charge in [-0.05, 0) is 19.9 Å². The second kappa shape index (κ2) is 7.69. The van der Waals surface area contributed by atoms with Crippen molar-refractivity contribution in [2.75, 3.05) is 23.0 Å². The Kier molecular flexibility index (Phi) is 5.61. The molecule has 0 radical (unpaired) electrons. The number of anilines is 1. The number of aromatic nitrogens is 3. The molecule has 2 aromatic heterocycles. The van der Waals surface area contributed by atoms with Crippen LogP contribution in [0.15, 0.2) is 30.7 Å². The molecule has 0 aromatic carbocycles. The zero-order chi connectivity index (χ0) is 21.4. The molecule has 1 fully saturated rings. The van der Waals surface area contributed by atoms with Crippen LogP contribution in [0.3, 0.4) is 0 Å². The minimum absolute atomic E-state index is 0.291. The summed E-state index contributed by atoms with van der Waals surface area (Å²) in [6.45, 7) is 3.75. The Morgan fingerprint density at radius 3 is 2.76 bits per heavy atom. The van der Waals surface area contributed by atoms with E-state index in [1.54, 1.807) is 32.2 Å². The van der Waals surface area contributed by atoms with Crippen LogP contribution < -0.4 is 9.63 Å². The number of halogens is 2. The van der Waals surface area contributed by atoms with Crippen LogP contribution in [0, 0.1) is 12.8 Å². The van der Waals surface area contributed by atoms with Crippen LogP contribution in [0.1, 0.15) is 25.5 Å². The van der Waals surface area contributed by atoms with Crippen LogP contribution in [0.2, 0.25) is 0 Å². The highest BCUT2D eigenvalue weighted by Crippen LogP contribution is 2.49. The second-order valence-corrected chi connectivity index (χ2v) is 9.38. The molecule has 1 saturated carbocycles. The first-order valence-corrected chi connectivity index (χ1v) is 11.0. The summed E-state index contributed by atoms with van der Waals surface area (Å²) in [7, 11) is -3.74. The van der Waals surface area contributed by atoms with Gasteiger partial charge in [-0.15, -0.1) is 0 Å². The van der Waals surface area contributed by atoms with E-state index in [2.05, 4.69) is 5.10 Å².